The molecule has 1 saturated heterocycles. The van der Waals surface area contributed by atoms with Gasteiger partial charge in [-0.3, -0.25) is 9.59 Å². The summed E-state index contributed by atoms with van der Waals surface area (Å²) in [5, 5.41) is 2.76. The molecule has 104 valence electrons. The van der Waals surface area contributed by atoms with E-state index in [0.29, 0.717) is 19.8 Å². The van der Waals surface area contributed by atoms with Crippen molar-refractivity contribution in [1.82, 2.24) is 10.2 Å². The number of ether oxygens (including phenoxy) is 1. The first kappa shape index (κ1) is 15.0. The first-order valence-electron chi connectivity index (χ1n) is 6.46. The summed E-state index contributed by atoms with van der Waals surface area (Å²) in [4.78, 5) is 26.0. The highest BCUT2D eigenvalue weighted by Crippen LogP contribution is 2.25. The second kappa shape index (κ2) is 5.26. The first-order valence-corrected chi connectivity index (χ1v) is 6.46. The van der Waals surface area contributed by atoms with Crippen LogP contribution in [0.2, 0.25) is 0 Å². The highest BCUT2D eigenvalue weighted by molar-refractivity contribution is 6.01. The Bertz CT molecular complexity index is 337. The van der Waals surface area contributed by atoms with Crippen molar-refractivity contribution in [2.75, 3.05) is 19.8 Å². The maximum Gasteiger partial charge on any atom is 0.248 e. The van der Waals surface area contributed by atoms with Gasteiger partial charge in [-0.2, -0.15) is 0 Å². The van der Waals surface area contributed by atoms with Gasteiger partial charge in [0.05, 0.1) is 6.61 Å². The average Bonchev–Trinajstić information content (AvgIpc) is 2.25. The van der Waals surface area contributed by atoms with E-state index in [0.717, 1.165) is 6.42 Å². The van der Waals surface area contributed by atoms with E-state index in [1.807, 2.05) is 6.92 Å². The van der Waals surface area contributed by atoms with Crippen molar-refractivity contribution in [3.8, 4) is 0 Å². The highest BCUT2D eigenvalue weighted by Gasteiger charge is 2.49. The molecule has 1 N–H and O–H groups in total. The summed E-state index contributed by atoms with van der Waals surface area (Å²) in [6, 6.07) is 0. The number of hydrogen-bond acceptors (Lipinski definition) is 3. The van der Waals surface area contributed by atoms with E-state index in [1.54, 1.807) is 32.6 Å². The van der Waals surface area contributed by atoms with Crippen LogP contribution >= 0.6 is 0 Å². The van der Waals surface area contributed by atoms with Gasteiger partial charge in [0.2, 0.25) is 11.8 Å². The van der Waals surface area contributed by atoms with Gasteiger partial charge in [-0.1, -0.05) is 6.92 Å². The van der Waals surface area contributed by atoms with Crippen LogP contribution in [-0.4, -0.2) is 47.6 Å². The molecule has 0 saturated carbocycles. The molecule has 0 aliphatic carbocycles. The maximum absolute atomic E-state index is 12.3. The van der Waals surface area contributed by atoms with Crippen LogP contribution in [0.4, 0.5) is 0 Å². The first-order chi connectivity index (χ1) is 8.23. The molecule has 0 aromatic heterocycles. The van der Waals surface area contributed by atoms with Gasteiger partial charge in [0.25, 0.3) is 0 Å². The topological polar surface area (TPSA) is 58.6 Å². The van der Waals surface area contributed by atoms with Crippen LogP contribution in [0.3, 0.4) is 0 Å². The van der Waals surface area contributed by atoms with E-state index >= 15 is 0 Å². The van der Waals surface area contributed by atoms with Crippen LogP contribution in [0.25, 0.3) is 0 Å². The van der Waals surface area contributed by atoms with Gasteiger partial charge in [0.15, 0.2) is 0 Å². The molecule has 2 amide bonds. The standard InChI is InChI=1S/C13H24N2O3/c1-6-8-18-9-7-15-11(17)12(2,3)14-10(16)13(15,4)5/h6-9H2,1-5H3,(H,14,16). The molecule has 0 bridgehead atoms. The lowest BCUT2D eigenvalue weighted by Gasteiger charge is -2.47. The third-order valence-electron chi connectivity index (χ3n) is 3.24. The van der Waals surface area contributed by atoms with Crippen molar-refractivity contribution in [3.05, 3.63) is 0 Å². The molecular weight excluding hydrogens is 232 g/mol. The molecule has 0 radical (unpaired) electrons. The van der Waals surface area contributed by atoms with Gasteiger partial charge in [-0.05, 0) is 34.1 Å². The van der Waals surface area contributed by atoms with Gasteiger partial charge in [-0.15, -0.1) is 0 Å². The third-order valence-corrected chi connectivity index (χ3v) is 3.24. The molecule has 0 aromatic rings. The third kappa shape index (κ3) is 2.83. The van der Waals surface area contributed by atoms with Crippen molar-refractivity contribution < 1.29 is 14.3 Å². The fourth-order valence-electron chi connectivity index (χ4n) is 1.99. The van der Waals surface area contributed by atoms with Gasteiger partial charge in [0, 0.05) is 13.2 Å². The van der Waals surface area contributed by atoms with Crippen molar-refractivity contribution in [2.45, 2.75) is 52.1 Å². The normalized spacial score (nSPS) is 21.9. The molecule has 1 rings (SSSR count). The fraction of sp³-hybridized carbons (Fsp3) is 0.846. The predicted molar refractivity (Wildman–Crippen MR) is 69.1 cm³/mol. The molecule has 5 heteroatoms. The molecule has 0 atom stereocenters. The minimum absolute atomic E-state index is 0.0628. The Morgan fingerprint density at radius 3 is 2.33 bits per heavy atom. The number of hydrogen-bond donors (Lipinski definition) is 1. The zero-order valence-corrected chi connectivity index (χ0v) is 12.0. The zero-order valence-electron chi connectivity index (χ0n) is 12.0. The SMILES string of the molecule is CCCOCCN1C(=O)C(C)(C)NC(=O)C1(C)C. The van der Waals surface area contributed by atoms with Crippen LogP contribution < -0.4 is 5.32 Å². The summed E-state index contributed by atoms with van der Waals surface area (Å²) < 4.78 is 5.41. The number of amides is 2. The summed E-state index contributed by atoms with van der Waals surface area (Å²) in [6.07, 6.45) is 0.948. The molecule has 1 aliphatic rings. The Kier molecular flexibility index (Phi) is 4.37. The number of rotatable bonds is 5. The van der Waals surface area contributed by atoms with Crippen LogP contribution in [0, 0.1) is 0 Å². The summed E-state index contributed by atoms with van der Waals surface area (Å²) >= 11 is 0. The molecular formula is C13H24N2O3. The summed E-state index contributed by atoms with van der Waals surface area (Å²) in [7, 11) is 0. The zero-order chi connectivity index (χ0) is 14.0. The van der Waals surface area contributed by atoms with E-state index in [9.17, 15) is 9.59 Å². The fourth-order valence-corrected chi connectivity index (χ4v) is 1.99. The highest BCUT2D eigenvalue weighted by atomic mass is 16.5. The molecule has 0 aromatic carbocycles. The minimum Gasteiger partial charge on any atom is -0.380 e. The van der Waals surface area contributed by atoms with Crippen LogP contribution in [0.15, 0.2) is 0 Å². The Morgan fingerprint density at radius 2 is 1.78 bits per heavy atom. The quantitative estimate of drug-likeness (QED) is 0.744. The van der Waals surface area contributed by atoms with E-state index in [-0.39, 0.29) is 11.8 Å². The molecule has 1 aliphatic heterocycles. The smallest absolute Gasteiger partial charge is 0.248 e. The summed E-state index contributed by atoms with van der Waals surface area (Å²) in [5.74, 6) is -0.185. The van der Waals surface area contributed by atoms with E-state index in [2.05, 4.69) is 5.32 Å². The Hall–Kier alpha value is -1.10. The lowest BCUT2D eigenvalue weighted by molar-refractivity contribution is -0.160. The Morgan fingerprint density at radius 1 is 1.17 bits per heavy atom. The number of carbonyl (C=O) groups is 2. The molecule has 0 unspecified atom stereocenters. The van der Waals surface area contributed by atoms with Crippen LogP contribution in [0.1, 0.15) is 41.0 Å². The number of carbonyl (C=O) groups excluding carboxylic acids is 2. The second-order valence-corrected chi connectivity index (χ2v) is 5.71. The molecule has 5 nitrogen and oxygen atoms in total. The van der Waals surface area contributed by atoms with Crippen molar-refractivity contribution in [1.29, 1.82) is 0 Å². The average molecular weight is 256 g/mol. The molecule has 18 heavy (non-hydrogen) atoms. The monoisotopic (exact) mass is 256 g/mol. The second-order valence-electron chi connectivity index (χ2n) is 5.71. The van der Waals surface area contributed by atoms with Gasteiger partial charge in [0.1, 0.15) is 11.1 Å². The predicted octanol–water partition coefficient (Wildman–Crippen LogP) is 0.929. The van der Waals surface area contributed by atoms with Gasteiger partial charge >= 0.3 is 0 Å². The van der Waals surface area contributed by atoms with Crippen LogP contribution in [0.5, 0.6) is 0 Å². The number of piperazine rings is 1. The Balaban J connectivity index is 2.76. The minimum atomic E-state index is -0.836. The number of nitrogens with one attached hydrogen (secondary N) is 1. The van der Waals surface area contributed by atoms with Gasteiger partial charge < -0.3 is 15.0 Å². The van der Waals surface area contributed by atoms with E-state index < -0.39 is 11.1 Å². The lowest BCUT2D eigenvalue weighted by atomic mass is 9.90. The Labute approximate surface area is 109 Å². The summed E-state index contributed by atoms with van der Waals surface area (Å²) in [5.41, 5.74) is -1.65. The van der Waals surface area contributed by atoms with Gasteiger partial charge in [-0.25, -0.2) is 0 Å². The summed E-state index contributed by atoms with van der Waals surface area (Å²) in [6.45, 7) is 10.6. The van der Waals surface area contributed by atoms with E-state index in [1.165, 1.54) is 0 Å². The van der Waals surface area contributed by atoms with Crippen LogP contribution in [-0.2, 0) is 14.3 Å². The van der Waals surface area contributed by atoms with Crippen molar-refractivity contribution >= 4 is 11.8 Å². The molecule has 1 fully saturated rings. The lowest BCUT2D eigenvalue weighted by Crippen LogP contribution is -2.72. The van der Waals surface area contributed by atoms with E-state index in [4.69, 9.17) is 4.74 Å². The largest absolute Gasteiger partial charge is 0.380 e. The molecule has 1 heterocycles. The molecule has 0 spiro atoms. The maximum atomic E-state index is 12.3. The van der Waals surface area contributed by atoms with Crippen molar-refractivity contribution in [2.24, 2.45) is 0 Å². The number of nitrogens with zero attached hydrogens (tertiary/aromatic N) is 1. The van der Waals surface area contributed by atoms with Crippen molar-refractivity contribution in [3.63, 3.8) is 0 Å².